The molecule has 1 fully saturated rings. The molecule has 0 saturated carbocycles. The van der Waals surface area contributed by atoms with E-state index in [0.29, 0.717) is 11.3 Å². The molecule has 6 N–H and O–H groups in total. The van der Waals surface area contributed by atoms with Crippen LogP contribution in [0, 0.1) is 5.41 Å². The molecular weight excluding hydrogens is 338 g/mol. The summed E-state index contributed by atoms with van der Waals surface area (Å²) in [4.78, 5) is 0. The molecule has 0 aliphatic carbocycles. The lowest BCUT2D eigenvalue weighted by atomic mass is 10.0. The van der Waals surface area contributed by atoms with E-state index < -0.39 is 0 Å². The fraction of sp³-hybridized carbons (Fsp3) is 0.316. The fourth-order valence-electron chi connectivity index (χ4n) is 2.30. The Labute approximate surface area is 154 Å². The van der Waals surface area contributed by atoms with Gasteiger partial charge in [-0.05, 0) is 61.3 Å². The summed E-state index contributed by atoms with van der Waals surface area (Å²) in [6.07, 6.45) is 3.78. The molecule has 3 rings (SSSR count). The number of nitrogens with two attached hydrogens (primary N) is 1. The first-order valence-electron chi connectivity index (χ1n) is 8.35. The molecule has 5 nitrogen and oxygen atoms in total. The predicted octanol–water partition coefficient (Wildman–Crippen LogP) is 4.39. The first-order chi connectivity index (χ1) is 12.0. The molecule has 0 radical (unpaired) electrons. The zero-order chi connectivity index (χ0) is 18.8. The van der Waals surface area contributed by atoms with Crippen LogP contribution >= 0.6 is 11.6 Å². The van der Waals surface area contributed by atoms with Crippen molar-refractivity contribution in [2.24, 2.45) is 0 Å². The van der Waals surface area contributed by atoms with Gasteiger partial charge in [0.25, 0.3) is 0 Å². The van der Waals surface area contributed by atoms with Crippen LogP contribution in [-0.2, 0) is 0 Å². The largest absolute Gasteiger partial charge is 0.507 e. The van der Waals surface area contributed by atoms with Gasteiger partial charge in [0, 0.05) is 11.9 Å². The summed E-state index contributed by atoms with van der Waals surface area (Å²) in [7, 11) is 0. The smallest absolute Gasteiger partial charge is 0.134 e. The van der Waals surface area contributed by atoms with Crippen molar-refractivity contribution in [2.75, 3.05) is 18.8 Å². The average Bonchev–Trinajstić information content (AvgIpc) is 3.19. The summed E-state index contributed by atoms with van der Waals surface area (Å²) in [6, 6.07) is 7.85. The Hall–Kier alpha value is -2.24. The normalized spacial score (nSPS) is 12.4. The van der Waals surface area contributed by atoms with Crippen molar-refractivity contribution >= 4 is 23.5 Å². The Morgan fingerprint density at radius 2 is 1.68 bits per heavy atom. The molecular formula is C19H26ClN3O2. The molecule has 0 bridgehead atoms. The number of hydrogen-bond acceptors (Lipinski definition) is 5. The number of phenolic OH excluding ortho intramolecular Hbond substituents is 2. The molecule has 136 valence electrons. The molecule has 0 unspecified atom stereocenters. The maximum atomic E-state index is 9.74. The van der Waals surface area contributed by atoms with Crippen molar-refractivity contribution in [3.05, 3.63) is 40.9 Å². The zero-order valence-electron chi connectivity index (χ0n) is 14.6. The molecule has 0 spiro atoms. The Kier molecular flexibility index (Phi) is 8.81. The van der Waals surface area contributed by atoms with Crippen LogP contribution in [0.5, 0.6) is 11.5 Å². The molecule has 2 aromatic carbocycles. The Morgan fingerprint density at radius 3 is 2.12 bits per heavy atom. The van der Waals surface area contributed by atoms with Crippen LogP contribution in [0.3, 0.4) is 0 Å². The molecule has 0 amide bonds. The van der Waals surface area contributed by atoms with Crippen LogP contribution in [-0.4, -0.2) is 29.5 Å². The molecule has 0 aromatic heterocycles. The van der Waals surface area contributed by atoms with Gasteiger partial charge >= 0.3 is 0 Å². The van der Waals surface area contributed by atoms with Gasteiger partial charge < -0.3 is 26.7 Å². The van der Waals surface area contributed by atoms with Gasteiger partial charge in [-0.3, -0.25) is 0 Å². The van der Waals surface area contributed by atoms with E-state index in [4.69, 9.17) is 22.7 Å². The minimum absolute atomic E-state index is 0.00581. The lowest BCUT2D eigenvalue weighted by Crippen LogP contribution is -2.03. The molecule has 6 heteroatoms. The van der Waals surface area contributed by atoms with E-state index in [0.717, 1.165) is 11.8 Å². The highest BCUT2D eigenvalue weighted by atomic mass is 35.5. The van der Waals surface area contributed by atoms with E-state index in [-0.39, 0.29) is 22.1 Å². The van der Waals surface area contributed by atoms with Gasteiger partial charge in [-0.15, -0.1) is 0 Å². The second-order valence-electron chi connectivity index (χ2n) is 5.27. The number of hydrogen-bond donors (Lipinski definition) is 5. The standard InChI is InChI=1S/C13H11ClN2O2.C4H9N.C2H6/c14-10-3-7(1-2-12(10)17)8-4-11(16)9(6-15)13(18)5-8;1-2-4-5-3-1;1-2/h1-6,15,17-18H,16H2;5H,1-4H2;1-2H3. The molecule has 1 saturated heterocycles. The van der Waals surface area contributed by atoms with Crippen molar-refractivity contribution in [3.63, 3.8) is 0 Å². The monoisotopic (exact) mass is 363 g/mol. The van der Waals surface area contributed by atoms with Crippen molar-refractivity contribution in [1.82, 2.24) is 5.32 Å². The number of nitrogen functional groups attached to an aromatic ring is 1. The number of nitrogens with one attached hydrogen (secondary N) is 2. The summed E-state index contributed by atoms with van der Waals surface area (Å²) < 4.78 is 0. The van der Waals surface area contributed by atoms with Crippen molar-refractivity contribution < 1.29 is 10.2 Å². The number of anilines is 1. The Morgan fingerprint density at radius 1 is 1.04 bits per heavy atom. The number of benzene rings is 2. The predicted molar refractivity (Wildman–Crippen MR) is 106 cm³/mol. The Bertz CT molecular complexity index is 670. The molecule has 1 aliphatic rings. The van der Waals surface area contributed by atoms with Crippen LogP contribution in [0.2, 0.25) is 5.02 Å². The molecule has 2 aromatic rings. The lowest BCUT2D eigenvalue weighted by Gasteiger charge is -2.08. The highest BCUT2D eigenvalue weighted by Gasteiger charge is 2.09. The van der Waals surface area contributed by atoms with Crippen molar-refractivity contribution in [2.45, 2.75) is 26.7 Å². The van der Waals surface area contributed by atoms with E-state index >= 15 is 0 Å². The van der Waals surface area contributed by atoms with Crippen LogP contribution in [0.25, 0.3) is 11.1 Å². The van der Waals surface area contributed by atoms with E-state index in [2.05, 4.69) is 5.32 Å². The maximum Gasteiger partial charge on any atom is 0.134 e. The molecule has 1 heterocycles. The first-order valence-corrected chi connectivity index (χ1v) is 8.73. The third kappa shape index (κ3) is 5.96. The lowest BCUT2D eigenvalue weighted by molar-refractivity contribution is 0.475. The van der Waals surface area contributed by atoms with E-state index in [1.807, 2.05) is 13.8 Å². The zero-order valence-corrected chi connectivity index (χ0v) is 15.4. The third-order valence-electron chi connectivity index (χ3n) is 3.57. The van der Waals surface area contributed by atoms with Crippen molar-refractivity contribution in [3.8, 4) is 22.6 Å². The van der Waals surface area contributed by atoms with Gasteiger partial charge in [-0.2, -0.15) is 0 Å². The second-order valence-corrected chi connectivity index (χ2v) is 5.67. The highest BCUT2D eigenvalue weighted by Crippen LogP contribution is 2.33. The van der Waals surface area contributed by atoms with E-state index in [1.165, 1.54) is 38.1 Å². The molecule has 1 aliphatic heterocycles. The number of rotatable bonds is 2. The average molecular weight is 364 g/mol. The SMILES string of the molecule is C1CCNC1.CC.N=Cc1c(N)cc(-c2ccc(O)c(Cl)c2)cc1O. The van der Waals surface area contributed by atoms with Gasteiger partial charge in [-0.25, -0.2) is 0 Å². The van der Waals surface area contributed by atoms with Gasteiger partial charge in [0.05, 0.1) is 10.6 Å². The quantitative estimate of drug-likeness (QED) is 0.403. The van der Waals surface area contributed by atoms with Gasteiger partial charge in [0.1, 0.15) is 11.5 Å². The number of halogens is 1. The molecule has 25 heavy (non-hydrogen) atoms. The van der Waals surface area contributed by atoms with Crippen LogP contribution < -0.4 is 11.1 Å². The minimum atomic E-state index is -0.0656. The van der Waals surface area contributed by atoms with Gasteiger partial charge in [-0.1, -0.05) is 31.5 Å². The third-order valence-corrected chi connectivity index (χ3v) is 3.88. The van der Waals surface area contributed by atoms with Crippen LogP contribution in [0.15, 0.2) is 30.3 Å². The summed E-state index contributed by atoms with van der Waals surface area (Å²) in [5.74, 6) is -0.0714. The van der Waals surface area contributed by atoms with Crippen LogP contribution in [0.1, 0.15) is 32.3 Å². The molecule has 0 atom stereocenters. The number of aromatic hydroxyl groups is 2. The number of phenols is 2. The van der Waals surface area contributed by atoms with Gasteiger partial charge in [0.15, 0.2) is 0 Å². The summed E-state index contributed by atoms with van der Waals surface area (Å²) in [6.45, 7) is 6.50. The highest BCUT2D eigenvalue weighted by molar-refractivity contribution is 6.32. The summed E-state index contributed by atoms with van der Waals surface area (Å²) in [5.41, 5.74) is 7.72. The maximum absolute atomic E-state index is 9.74. The van der Waals surface area contributed by atoms with Crippen molar-refractivity contribution in [1.29, 1.82) is 5.41 Å². The van der Waals surface area contributed by atoms with E-state index in [9.17, 15) is 10.2 Å². The van der Waals surface area contributed by atoms with E-state index in [1.54, 1.807) is 18.2 Å². The van der Waals surface area contributed by atoms with Gasteiger partial charge in [0.2, 0.25) is 0 Å². The topological polar surface area (TPSA) is 102 Å². The summed E-state index contributed by atoms with van der Waals surface area (Å²) in [5, 5.41) is 29.7. The Balaban J connectivity index is 0.000000376. The minimum Gasteiger partial charge on any atom is -0.507 e. The first kappa shape index (κ1) is 20.8. The van der Waals surface area contributed by atoms with Crippen LogP contribution in [0.4, 0.5) is 5.69 Å². The fourth-order valence-corrected chi connectivity index (χ4v) is 2.48. The summed E-state index contributed by atoms with van der Waals surface area (Å²) >= 11 is 5.82. The second kappa shape index (κ2) is 10.6.